The molecule has 0 bridgehead atoms. The highest BCUT2D eigenvalue weighted by molar-refractivity contribution is 6.34. The van der Waals surface area contributed by atoms with E-state index in [-0.39, 0.29) is 11.8 Å². The Bertz CT molecular complexity index is 712. The Morgan fingerprint density at radius 1 is 1.00 bits per heavy atom. The lowest BCUT2D eigenvalue weighted by atomic mass is 10.2. The molecule has 0 N–H and O–H groups in total. The van der Waals surface area contributed by atoms with Gasteiger partial charge in [-0.15, -0.1) is 0 Å². The smallest absolute Gasteiger partial charge is 0.246 e. The first kappa shape index (κ1) is 20.1. The van der Waals surface area contributed by atoms with E-state index in [1.165, 1.54) is 6.08 Å². The molecule has 2 saturated heterocycles. The molecule has 2 heterocycles. The molecule has 2 aliphatic rings. The molecule has 2 fully saturated rings. The molecule has 27 heavy (non-hydrogen) atoms. The molecule has 0 aromatic heterocycles. The number of nitrogens with zero attached hydrogens (tertiary/aromatic N) is 3. The van der Waals surface area contributed by atoms with Gasteiger partial charge in [0.05, 0.1) is 19.8 Å². The predicted molar refractivity (Wildman–Crippen MR) is 106 cm³/mol. The zero-order chi connectivity index (χ0) is 19.2. The fourth-order valence-electron chi connectivity index (χ4n) is 3.14. The molecule has 2 amide bonds. The quantitative estimate of drug-likeness (QED) is 0.711. The zero-order valence-electron chi connectivity index (χ0n) is 15.1. The zero-order valence-corrected chi connectivity index (χ0v) is 16.6. The number of ether oxygens (including phenoxy) is 1. The number of carbonyl (C=O) groups excluding carboxylic acids is 2. The van der Waals surface area contributed by atoms with Gasteiger partial charge in [-0.05, 0) is 29.8 Å². The van der Waals surface area contributed by atoms with E-state index in [0.29, 0.717) is 74.6 Å². The van der Waals surface area contributed by atoms with E-state index in [9.17, 15) is 9.59 Å². The SMILES string of the molecule is O=C(/C=C/c1cc(Cl)ccc1Cl)N1CCN(CC(=O)N2CCOCC2)CC1. The highest BCUT2D eigenvalue weighted by atomic mass is 35.5. The van der Waals surface area contributed by atoms with E-state index < -0.39 is 0 Å². The second-order valence-electron chi connectivity index (χ2n) is 6.59. The van der Waals surface area contributed by atoms with Gasteiger partial charge in [0.1, 0.15) is 0 Å². The van der Waals surface area contributed by atoms with Crippen LogP contribution in [0.3, 0.4) is 0 Å². The van der Waals surface area contributed by atoms with Crippen LogP contribution in [0.2, 0.25) is 10.0 Å². The molecule has 6 nitrogen and oxygen atoms in total. The standard InChI is InChI=1S/C19H23Cl2N3O3/c20-16-2-3-17(21)15(13-16)1-4-18(25)23-7-5-22(6-8-23)14-19(26)24-9-11-27-12-10-24/h1-4,13H,5-12,14H2/b4-1+. The van der Waals surface area contributed by atoms with Gasteiger partial charge in [0.15, 0.2) is 0 Å². The van der Waals surface area contributed by atoms with Crippen LogP contribution in [0.25, 0.3) is 6.08 Å². The average Bonchev–Trinajstić information content (AvgIpc) is 2.69. The summed E-state index contributed by atoms with van der Waals surface area (Å²) in [6, 6.07) is 5.14. The largest absolute Gasteiger partial charge is 0.378 e. The van der Waals surface area contributed by atoms with Gasteiger partial charge in [0, 0.05) is 55.4 Å². The van der Waals surface area contributed by atoms with Crippen LogP contribution in [0.4, 0.5) is 0 Å². The maximum Gasteiger partial charge on any atom is 0.246 e. The number of hydrogen-bond acceptors (Lipinski definition) is 4. The molecule has 0 saturated carbocycles. The van der Waals surface area contributed by atoms with Crippen molar-refractivity contribution in [2.24, 2.45) is 0 Å². The number of hydrogen-bond donors (Lipinski definition) is 0. The molecule has 0 spiro atoms. The highest BCUT2D eigenvalue weighted by Gasteiger charge is 2.24. The maximum absolute atomic E-state index is 12.4. The molecule has 3 rings (SSSR count). The number of morpholine rings is 1. The Balaban J connectivity index is 1.47. The highest BCUT2D eigenvalue weighted by Crippen LogP contribution is 2.21. The summed E-state index contributed by atoms with van der Waals surface area (Å²) in [5.74, 6) is 0.0683. The van der Waals surface area contributed by atoms with Gasteiger partial charge >= 0.3 is 0 Å². The van der Waals surface area contributed by atoms with Crippen LogP contribution in [0.1, 0.15) is 5.56 Å². The van der Waals surface area contributed by atoms with Crippen molar-refractivity contribution >= 4 is 41.1 Å². The Labute approximate surface area is 169 Å². The summed E-state index contributed by atoms with van der Waals surface area (Å²) < 4.78 is 5.28. The fourth-order valence-corrected chi connectivity index (χ4v) is 3.50. The van der Waals surface area contributed by atoms with Gasteiger partial charge in [0.2, 0.25) is 11.8 Å². The van der Waals surface area contributed by atoms with Crippen molar-refractivity contribution < 1.29 is 14.3 Å². The fraction of sp³-hybridized carbons (Fsp3) is 0.474. The van der Waals surface area contributed by atoms with Crippen LogP contribution in [0.15, 0.2) is 24.3 Å². The van der Waals surface area contributed by atoms with Crippen molar-refractivity contribution in [3.05, 3.63) is 39.9 Å². The van der Waals surface area contributed by atoms with Crippen LogP contribution in [0.5, 0.6) is 0 Å². The summed E-state index contributed by atoms with van der Waals surface area (Å²) in [6.45, 7) is 5.51. The molecule has 0 radical (unpaired) electrons. The minimum atomic E-state index is -0.0646. The lowest BCUT2D eigenvalue weighted by molar-refractivity contribution is -0.137. The second kappa shape index (κ2) is 9.55. The molecule has 8 heteroatoms. The van der Waals surface area contributed by atoms with Crippen LogP contribution >= 0.6 is 23.2 Å². The summed E-state index contributed by atoms with van der Waals surface area (Å²) in [5, 5.41) is 1.12. The van der Waals surface area contributed by atoms with Crippen LogP contribution in [0, 0.1) is 0 Å². The van der Waals surface area contributed by atoms with Crippen molar-refractivity contribution in [1.82, 2.24) is 14.7 Å². The Kier molecular flexibility index (Phi) is 7.13. The molecular weight excluding hydrogens is 389 g/mol. The van der Waals surface area contributed by atoms with Crippen molar-refractivity contribution in [3.63, 3.8) is 0 Å². The molecular formula is C19H23Cl2N3O3. The molecule has 1 aromatic carbocycles. The first-order valence-corrected chi connectivity index (χ1v) is 9.78. The summed E-state index contributed by atoms with van der Waals surface area (Å²) in [6.07, 6.45) is 3.21. The van der Waals surface area contributed by atoms with Gasteiger partial charge in [-0.1, -0.05) is 23.2 Å². The second-order valence-corrected chi connectivity index (χ2v) is 7.44. The summed E-state index contributed by atoms with van der Waals surface area (Å²) in [4.78, 5) is 30.4. The van der Waals surface area contributed by atoms with Crippen LogP contribution in [-0.2, 0) is 14.3 Å². The van der Waals surface area contributed by atoms with E-state index in [1.54, 1.807) is 29.2 Å². The third-order valence-corrected chi connectivity index (χ3v) is 5.35. The summed E-state index contributed by atoms with van der Waals surface area (Å²) in [5.41, 5.74) is 0.715. The third-order valence-electron chi connectivity index (χ3n) is 4.77. The number of piperazine rings is 1. The van der Waals surface area contributed by atoms with E-state index >= 15 is 0 Å². The van der Waals surface area contributed by atoms with Gasteiger partial charge < -0.3 is 14.5 Å². The number of halogens is 2. The molecule has 1 aromatic rings. The van der Waals surface area contributed by atoms with Gasteiger partial charge in [0.25, 0.3) is 0 Å². The van der Waals surface area contributed by atoms with E-state index in [2.05, 4.69) is 4.90 Å². The molecule has 0 atom stereocenters. The number of carbonyl (C=O) groups is 2. The molecule has 0 unspecified atom stereocenters. The maximum atomic E-state index is 12.4. The minimum absolute atomic E-state index is 0.0646. The Hall–Kier alpha value is -1.60. The van der Waals surface area contributed by atoms with E-state index in [4.69, 9.17) is 27.9 Å². The summed E-state index contributed by atoms with van der Waals surface area (Å²) in [7, 11) is 0. The lowest BCUT2D eigenvalue weighted by Crippen LogP contribution is -2.52. The Morgan fingerprint density at radius 3 is 2.41 bits per heavy atom. The van der Waals surface area contributed by atoms with Crippen molar-refractivity contribution in [1.29, 1.82) is 0 Å². The number of rotatable bonds is 4. The number of amides is 2. The van der Waals surface area contributed by atoms with Crippen LogP contribution < -0.4 is 0 Å². The normalized spacial score (nSPS) is 18.9. The lowest BCUT2D eigenvalue weighted by Gasteiger charge is -2.35. The Morgan fingerprint density at radius 2 is 1.70 bits per heavy atom. The first-order valence-electron chi connectivity index (χ1n) is 9.03. The van der Waals surface area contributed by atoms with E-state index in [0.717, 1.165) is 0 Å². The number of benzene rings is 1. The predicted octanol–water partition coefficient (Wildman–Crippen LogP) is 2.01. The molecule has 146 valence electrons. The third kappa shape index (κ3) is 5.69. The average molecular weight is 412 g/mol. The van der Waals surface area contributed by atoms with Crippen molar-refractivity contribution in [2.45, 2.75) is 0 Å². The first-order chi connectivity index (χ1) is 13.0. The minimum Gasteiger partial charge on any atom is -0.378 e. The van der Waals surface area contributed by atoms with Gasteiger partial charge in [-0.3, -0.25) is 14.5 Å². The molecule has 2 aliphatic heterocycles. The van der Waals surface area contributed by atoms with Gasteiger partial charge in [-0.2, -0.15) is 0 Å². The topological polar surface area (TPSA) is 53.1 Å². The van der Waals surface area contributed by atoms with Crippen molar-refractivity contribution in [3.8, 4) is 0 Å². The van der Waals surface area contributed by atoms with Crippen molar-refractivity contribution in [2.75, 3.05) is 59.0 Å². The monoisotopic (exact) mass is 411 g/mol. The molecule has 0 aliphatic carbocycles. The van der Waals surface area contributed by atoms with Crippen LogP contribution in [-0.4, -0.2) is 85.5 Å². The van der Waals surface area contributed by atoms with Gasteiger partial charge in [-0.25, -0.2) is 0 Å². The van der Waals surface area contributed by atoms with E-state index in [1.807, 2.05) is 4.90 Å². The summed E-state index contributed by atoms with van der Waals surface area (Å²) >= 11 is 12.1.